The van der Waals surface area contributed by atoms with Gasteiger partial charge in [0.05, 0.1) is 0 Å². The zero-order valence-corrected chi connectivity index (χ0v) is 16.5. The van der Waals surface area contributed by atoms with Crippen LogP contribution < -0.4 is 4.74 Å². The van der Waals surface area contributed by atoms with E-state index in [2.05, 4.69) is 36.6 Å². The van der Waals surface area contributed by atoms with Crippen molar-refractivity contribution in [2.24, 2.45) is 0 Å². The van der Waals surface area contributed by atoms with E-state index in [0.29, 0.717) is 0 Å². The maximum Gasteiger partial charge on any atom is 0.461 e. The first-order valence-electron chi connectivity index (χ1n) is 7.58. The highest BCUT2D eigenvalue weighted by atomic mass is 79.9. The standard InChI is InChI=1S/C18H16Br2F4O/c1-11(5-10-14-15(19)3-2-4-16(14)20)12-6-8-13(9-7-12)25-18(23,24)17(21)22/h2-4,6-9,11,17H,5,10H2,1H3. The van der Waals surface area contributed by atoms with Crippen molar-refractivity contribution in [3.63, 3.8) is 0 Å². The number of ether oxygens (including phenoxy) is 1. The Morgan fingerprint density at radius 3 is 2.08 bits per heavy atom. The Labute approximate surface area is 160 Å². The molecule has 0 N–H and O–H groups in total. The Bertz CT molecular complexity index is 684. The summed E-state index contributed by atoms with van der Waals surface area (Å²) >= 11 is 7.05. The second kappa shape index (κ2) is 8.54. The smallest absolute Gasteiger partial charge is 0.428 e. The number of benzene rings is 2. The minimum absolute atomic E-state index is 0.170. The summed E-state index contributed by atoms with van der Waals surface area (Å²) in [5, 5.41) is 0. The number of hydrogen-bond acceptors (Lipinski definition) is 1. The van der Waals surface area contributed by atoms with E-state index in [9.17, 15) is 17.6 Å². The highest BCUT2D eigenvalue weighted by Crippen LogP contribution is 2.31. The first-order valence-corrected chi connectivity index (χ1v) is 9.17. The molecule has 0 bridgehead atoms. The third-order valence-electron chi connectivity index (χ3n) is 3.85. The molecule has 0 aliphatic heterocycles. The lowest BCUT2D eigenvalue weighted by molar-refractivity contribution is -0.253. The lowest BCUT2D eigenvalue weighted by atomic mass is 9.94. The van der Waals surface area contributed by atoms with Crippen LogP contribution in [0.5, 0.6) is 5.75 Å². The van der Waals surface area contributed by atoms with Crippen molar-refractivity contribution in [3.8, 4) is 5.75 Å². The van der Waals surface area contributed by atoms with Crippen molar-refractivity contribution < 1.29 is 22.3 Å². The molecule has 1 nitrogen and oxygen atoms in total. The van der Waals surface area contributed by atoms with Gasteiger partial charge in [-0.2, -0.15) is 17.6 Å². The van der Waals surface area contributed by atoms with Gasteiger partial charge in [0.2, 0.25) is 0 Å². The average Bonchev–Trinajstić information content (AvgIpc) is 2.54. The topological polar surface area (TPSA) is 9.23 Å². The van der Waals surface area contributed by atoms with Crippen molar-refractivity contribution in [3.05, 3.63) is 62.5 Å². The van der Waals surface area contributed by atoms with Crippen LogP contribution in [0.25, 0.3) is 0 Å². The predicted molar refractivity (Wildman–Crippen MR) is 96.6 cm³/mol. The number of rotatable bonds is 7. The third kappa shape index (κ3) is 5.45. The Balaban J connectivity index is 2.00. The molecule has 0 saturated heterocycles. The molecular formula is C18H16Br2F4O. The van der Waals surface area contributed by atoms with Crippen molar-refractivity contribution in [1.82, 2.24) is 0 Å². The van der Waals surface area contributed by atoms with Crippen LogP contribution in [0.2, 0.25) is 0 Å². The van der Waals surface area contributed by atoms with Crippen LogP contribution in [0.3, 0.4) is 0 Å². The van der Waals surface area contributed by atoms with E-state index in [1.165, 1.54) is 12.1 Å². The fourth-order valence-electron chi connectivity index (χ4n) is 2.36. The van der Waals surface area contributed by atoms with Gasteiger partial charge in [0, 0.05) is 8.95 Å². The van der Waals surface area contributed by atoms with Crippen molar-refractivity contribution >= 4 is 31.9 Å². The average molecular weight is 484 g/mol. The van der Waals surface area contributed by atoms with Crippen LogP contribution in [0.4, 0.5) is 17.6 Å². The highest BCUT2D eigenvalue weighted by Gasteiger charge is 2.43. The Morgan fingerprint density at radius 1 is 1.00 bits per heavy atom. The summed E-state index contributed by atoms with van der Waals surface area (Å²) in [4.78, 5) is 0. The molecule has 25 heavy (non-hydrogen) atoms. The van der Waals surface area contributed by atoms with Gasteiger partial charge in [0.25, 0.3) is 0 Å². The number of halogens is 6. The van der Waals surface area contributed by atoms with Gasteiger partial charge in [-0.05, 0) is 54.2 Å². The van der Waals surface area contributed by atoms with Gasteiger partial charge in [0.1, 0.15) is 5.75 Å². The molecule has 0 fully saturated rings. The summed E-state index contributed by atoms with van der Waals surface area (Å²) in [7, 11) is 0. The normalized spacial score (nSPS) is 13.1. The third-order valence-corrected chi connectivity index (χ3v) is 5.33. The molecule has 0 aromatic heterocycles. The molecule has 0 radical (unpaired) electrons. The van der Waals surface area contributed by atoms with Crippen LogP contribution in [0, 0.1) is 0 Å². The molecule has 0 spiro atoms. The summed E-state index contributed by atoms with van der Waals surface area (Å²) in [5.41, 5.74) is 2.08. The molecule has 2 aromatic rings. The van der Waals surface area contributed by atoms with Crippen molar-refractivity contribution in [2.45, 2.75) is 38.2 Å². The maximum atomic E-state index is 12.9. The SMILES string of the molecule is CC(CCc1c(Br)cccc1Br)c1ccc(OC(F)(F)C(F)F)cc1. The summed E-state index contributed by atoms with van der Waals surface area (Å²) in [6.45, 7) is 2.02. The zero-order valence-electron chi connectivity index (χ0n) is 13.3. The quantitative estimate of drug-likeness (QED) is 0.379. The molecule has 2 rings (SSSR count). The molecule has 0 heterocycles. The first-order chi connectivity index (χ1) is 11.7. The molecule has 0 aliphatic carbocycles. The van der Waals surface area contributed by atoms with E-state index in [-0.39, 0.29) is 11.7 Å². The molecule has 1 atom stereocenters. The summed E-state index contributed by atoms with van der Waals surface area (Å²) in [6, 6.07) is 11.7. The molecule has 136 valence electrons. The zero-order chi connectivity index (χ0) is 18.6. The van der Waals surface area contributed by atoms with Gasteiger partial charge in [-0.1, -0.05) is 57.0 Å². The summed E-state index contributed by atoms with van der Waals surface area (Å²) < 4.78 is 56.2. The predicted octanol–water partition coefficient (Wildman–Crippen LogP) is 7.18. The van der Waals surface area contributed by atoms with Crippen LogP contribution in [0.15, 0.2) is 51.4 Å². The molecule has 2 aromatic carbocycles. The maximum absolute atomic E-state index is 12.9. The van der Waals surface area contributed by atoms with Crippen LogP contribution in [-0.2, 0) is 6.42 Å². The minimum atomic E-state index is -4.49. The summed E-state index contributed by atoms with van der Waals surface area (Å²) in [5.74, 6) is -0.113. The van der Waals surface area contributed by atoms with Crippen LogP contribution >= 0.6 is 31.9 Å². The van der Waals surface area contributed by atoms with E-state index in [0.717, 1.165) is 32.9 Å². The van der Waals surface area contributed by atoms with E-state index in [1.54, 1.807) is 12.1 Å². The van der Waals surface area contributed by atoms with E-state index in [4.69, 9.17) is 0 Å². The molecule has 0 saturated carbocycles. The Kier molecular flexibility index (Phi) is 6.91. The second-order valence-corrected chi connectivity index (χ2v) is 7.38. The Hall–Kier alpha value is -1.08. The first kappa shape index (κ1) is 20.2. The van der Waals surface area contributed by atoms with E-state index >= 15 is 0 Å². The fourth-order valence-corrected chi connectivity index (χ4v) is 3.76. The van der Waals surface area contributed by atoms with Crippen molar-refractivity contribution in [1.29, 1.82) is 0 Å². The van der Waals surface area contributed by atoms with E-state index in [1.807, 2.05) is 25.1 Å². The Morgan fingerprint density at radius 2 is 1.56 bits per heavy atom. The molecule has 7 heteroatoms. The van der Waals surface area contributed by atoms with Gasteiger partial charge < -0.3 is 4.74 Å². The van der Waals surface area contributed by atoms with Crippen LogP contribution in [-0.4, -0.2) is 12.5 Å². The van der Waals surface area contributed by atoms with E-state index < -0.39 is 12.5 Å². The van der Waals surface area contributed by atoms with Crippen LogP contribution in [0.1, 0.15) is 30.4 Å². The molecule has 1 unspecified atom stereocenters. The molecule has 0 aliphatic rings. The highest BCUT2D eigenvalue weighted by molar-refractivity contribution is 9.11. The number of alkyl halides is 4. The van der Waals surface area contributed by atoms with Gasteiger partial charge in [-0.15, -0.1) is 0 Å². The fraction of sp³-hybridized carbons (Fsp3) is 0.333. The molecular weight excluding hydrogens is 468 g/mol. The number of hydrogen-bond donors (Lipinski definition) is 0. The van der Waals surface area contributed by atoms with Crippen molar-refractivity contribution in [2.75, 3.05) is 0 Å². The monoisotopic (exact) mass is 482 g/mol. The largest absolute Gasteiger partial charge is 0.461 e. The van der Waals surface area contributed by atoms with Gasteiger partial charge in [-0.3, -0.25) is 0 Å². The second-order valence-electron chi connectivity index (χ2n) is 5.67. The molecule has 0 amide bonds. The lowest BCUT2D eigenvalue weighted by Crippen LogP contribution is -2.33. The van der Waals surface area contributed by atoms with Gasteiger partial charge in [-0.25, -0.2) is 0 Å². The minimum Gasteiger partial charge on any atom is -0.428 e. The summed E-state index contributed by atoms with van der Waals surface area (Å²) in [6.07, 6.45) is -6.69. The van der Waals surface area contributed by atoms with Gasteiger partial charge >= 0.3 is 12.5 Å². The lowest BCUT2D eigenvalue weighted by Gasteiger charge is -2.18. The van der Waals surface area contributed by atoms with Gasteiger partial charge in [0.15, 0.2) is 0 Å².